The van der Waals surface area contributed by atoms with Crippen LogP contribution in [0.15, 0.2) is 16.6 Å². The van der Waals surface area contributed by atoms with Crippen molar-refractivity contribution in [2.45, 2.75) is 13.1 Å². The lowest BCUT2D eigenvalue weighted by atomic mass is 10.1. The molecule has 0 fully saturated rings. The molecule has 19 heavy (non-hydrogen) atoms. The van der Waals surface area contributed by atoms with E-state index in [4.69, 9.17) is 5.84 Å². The quantitative estimate of drug-likeness (QED) is 0.473. The molecule has 0 bridgehead atoms. The zero-order chi connectivity index (χ0) is 14.4. The second-order valence-electron chi connectivity index (χ2n) is 3.86. The Labute approximate surface area is 113 Å². The highest BCUT2D eigenvalue weighted by Crippen LogP contribution is 2.39. The third-order valence-electron chi connectivity index (χ3n) is 2.69. The fourth-order valence-electron chi connectivity index (χ4n) is 1.85. The molecule has 3 N–H and O–H groups in total. The van der Waals surface area contributed by atoms with Crippen molar-refractivity contribution < 1.29 is 17.6 Å². The maximum atomic E-state index is 13.8. The molecule has 0 aliphatic rings. The molecule has 1 aromatic heterocycles. The van der Waals surface area contributed by atoms with Gasteiger partial charge in [0.25, 0.3) is 0 Å². The van der Waals surface area contributed by atoms with Crippen molar-refractivity contribution in [1.29, 1.82) is 0 Å². The lowest BCUT2D eigenvalue weighted by molar-refractivity contribution is -0.141. The van der Waals surface area contributed by atoms with Gasteiger partial charge in [-0.2, -0.15) is 13.2 Å². The van der Waals surface area contributed by atoms with E-state index in [0.29, 0.717) is 0 Å². The maximum absolute atomic E-state index is 13.8. The minimum absolute atomic E-state index is 0.0811. The number of fused-ring (bicyclic) bond motifs is 1. The van der Waals surface area contributed by atoms with Crippen LogP contribution < -0.4 is 11.3 Å². The van der Waals surface area contributed by atoms with Gasteiger partial charge in [0, 0.05) is 10.0 Å². The van der Waals surface area contributed by atoms with Crippen molar-refractivity contribution in [2.24, 2.45) is 5.84 Å². The van der Waals surface area contributed by atoms with Gasteiger partial charge in [0.1, 0.15) is 11.5 Å². The number of alkyl halides is 3. The normalized spacial score (nSPS) is 11.9. The van der Waals surface area contributed by atoms with Crippen molar-refractivity contribution in [3.8, 4) is 0 Å². The van der Waals surface area contributed by atoms with Gasteiger partial charge in [-0.3, -0.25) is 5.84 Å². The first-order valence-corrected chi connectivity index (χ1v) is 5.88. The second kappa shape index (κ2) is 4.61. The van der Waals surface area contributed by atoms with Gasteiger partial charge in [-0.25, -0.2) is 9.37 Å². The van der Waals surface area contributed by atoms with Crippen molar-refractivity contribution in [2.75, 3.05) is 5.43 Å². The minimum Gasteiger partial charge on any atom is -0.323 e. The third kappa shape index (κ3) is 2.25. The van der Waals surface area contributed by atoms with Crippen LogP contribution in [0, 0.1) is 12.7 Å². The molecule has 2 rings (SSSR count). The van der Waals surface area contributed by atoms with Crippen LogP contribution in [0.3, 0.4) is 0 Å². The first-order chi connectivity index (χ1) is 8.77. The van der Waals surface area contributed by atoms with Crippen LogP contribution in [0.1, 0.15) is 11.3 Å². The number of nitrogen functional groups attached to an aromatic ring is 1. The summed E-state index contributed by atoms with van der Waals surface area (Å²) >= 11 is 3.05. The molecule has 0 aliphatic heterocycles. The molecule has 0 amide bonds. The van der Waals surface area contributed by atoms with E-state index < -0.39 is 17.7 Å². The molecule has 0 atom stereocenters. The van der Waals surface area contributed by atoms with Gasteiger partial charge in [0.05, 0.1) is 16.6 Å². The Hall–Kier alpha value is -1.41. The molecule has 8 heteroatoms. The summed E-state index contributed by atoms with van der Waals surface area (Å²) in [7, 11) is 0. The predicted octanol–water partition coefficient (Wildman–Crippen LogP) is 3.75. The van der Waals surface area contributed by atoms with Crippen LogP contribution >= 0.6 is 15.9 Å². The lowest BCUT2D eigenvalue weighted by Crippen LogP contribution is -2.16. The van der Waals surface area contributed by atoms with Gasteiger partial charge >= 0.3 is 6.18 Å². The Morgan fingerprint density at radius 3 is 2.47 bits per heavy atom. The average molecular weight is 338 g/mol. The SMILES string of the molecule is Cc1c(C(F)(F)F)nc2c(Br)ccc(F)c2c1NN. The van der Waals surface area contributed by atoms with E-state index in [1.807, 2.05) is 0 Å². The smallest absolute Gasteiger partial charge is 0.323 e. The Morgan fingerprint density at radius 2 is 1.95 bits per heavy atom. The number of benzene rings is 1. The number of halogens is 5. The fourth-order valence-corrected chi connectivity index (χ4v) is 2.27. The molecule has 0 spiro atoms. The monoisotopic (exact) mass is 337 g/mol. The Kier molecular flexibility index (Phi) is 3.40. The molecule has 0 aliphatic carbocycles. The first-order valence-electron chi connectivity index (χ1n) is 5.09. The zero-order valence-electron chi connectivity index (χ0n) is 9.57. The highest BCUT2D eigenvalue weighted by atomic mass is 79.9. The van der Waals surface area contributed by atoms with Crippen LogP contribution in [0.25, 0.3) is 10.9 Å². The van der Waals surface area contributed by atoms with Gasteiger partial charge < -0.3 is 5.43 Å². The first kappa shape index (κ1) is 14.0. The number of hydrogen-bond acceptors (Lipinski definition) is 3. The molecular formula is C11H8BrF4N3. The molecule has 2 aromatic rings. The van der Waals surface area contributed by atoms with E-state index in [2.05, 4.69) is 26.3 Å². The van der Waals surface area contributed by atoms with Crippen molar-refractivity contribution in [3.63, 3.8) is 0 Å². The van der Waals surface area contributed by atoms with E-state index in [-0.39, 0.29) is 26.6 Å². The number of pyridine rings is 1. The summed E-state index contributed by atoms with van der Waals surface area (Å²) < 4.78 is 52.7. The van der Waals surface area contributed by atoms with Crippen LogP contribution in [0.2, 0.25) is 0 Å². The lowest BCUT2D eigenvalue weighted by Gasteiger charge is -2.16. The Bertz CT molecular complexity index is 655. The van der Waals surface area contributed by atoms with E-state index in [9.17, 15) is 17.6 Å². The molecule has 0 saturated heterocycles. The Balaban J connectivity index is 2.99. The number of rotatable bonds is 1. The summed E-state index contributed by atoms with van der Waals surface area (Å²) in [4.78, 5) is 3.51. The Morgan fingerprint density at radius 1 is 1.32 bits per heavy atom. The summed E-state index contributed by atoms with van der Waals surface area (Å²) in [5.41, 5.74) is 0.508. The summed E-state index contributed by atoms with van der Waals surface area (Å²) in [6.07, 6.45) is -4.64. The highest BCUT2D eigenvalue weighted by molar-refractivity contribution is 9.10. The van der Waals surface area contributed by atoms with Crippen molar-refractivity contribution >= 4 is 32.5 Å². The van der Waals surface area contributed by atoms with Gasteiger partial charge in [0.2, 0.25) is 0 Å². The number of nitrogens with two attached hydrogens (primary N) is 1. The topological polar surface area (TPSA) is 50.9 Å². The third-order valence-corrected chi connectivity index (χ3v) is 3.33. The van der Waals surface area contributed by atoms with Crippen LogP contribution in [0.5, 0.6) is 0 Å². The highest BCUT2D eigenvalue weighted by Gasteiger charge is 2.36. The van der Waals surface area contributed by atoms with E-state index in [1.165, 1.54) is 13.0 Å². The number of nitrogens with zero attached hydrogens (tertiary/aromatic N) is 1. The van der Waals surface area contributed by atoms with Crippen molar-refractivity contribution in [3.05, 3.63) is 33.7 Å². The largest absolute Gasteiger partial charge is 0.433 e. The number of anilines is 1. The maximum Gasteiger partial charge on any atom is 0.433 e. The van der Waals surface area contributed by atoms with Gasteiger partial charge in [-0.05, 0) is 35.0 Å². The molecule has 0 unspecified atom stereocenters. The molecule has 0 saturated carbocycles. The van der Waals surface area contributed by atoms with Crippen LogP contribution in [0.4, 0.5) is 23.2 Å². The molecule has 1 aromatic carbocycles. The molecule has 102 valence electrons. The summed E-state index contributed by atoms with van der Waals surface area (Å²) in [5.74, 6) is 4.52. The van der Waals surface area contributed by atoms with E-state index in [0.717, 1.165) is 6.07 Å². The molecular weight excluding hydrogens is 330 g/mol. The number of nitrogens with one attached hydrogen (secondary N) is 1. The van der Waals surface area contributed by atoms with Crippen LogP contribution in [-0.2, 0) is 6.18 Å². The number of hydrogen-bond donors (Lipinski definition) is 2. The second-order valence-corrected chi connectivity index (χ2v) is 4.71. The van der Waals surface area contributed by atoms with Gasteiger partial charge in [0.15, 0.2) is 0 Å². The van der Waals surface area contributed by atoms with Gasteiger partial charge in [-0.15, -0.1) is 0 Å². The summed E-state index contributed by atoms with van der Waals surface area (Å²) in [5, 5.41) is -0.0811. The number of hydrazine groups is 1. The fraction of sp³-hybridized carbons (Fsp3) is 0.182. The standard InChI is InChI=1S/C11H8BrF4N3/c1-4-8(19-17)7-6(13)3-2-5(12)9(7)18-10(4)11(14,15)16/h2-3H,17H2,1H3,(H,18,19). The molecule has 1 heterocycles. The van der Waals surface area contributed by atoms with Gasteiger partial charge in [-0.1, -0.05) is 0 Å². The van der Waals surface area contributed by atoms with Crippen LogP contribution in [-0.4, -0.2) is 4.98 Å². The summed E-state index contributed by atoms with van der Waals surface area (Å²) in [6, 6.07) is 2.42. The average Bonchev–Trinajstić information content (AvgIpc) is 2.32. The zero-order valence-corrected chi connectivity index (χ0v) is 11.2. The van der Waals surface area contributed by atoms with E-state index in [1.54, 1.807) is 0 Å². The predicted molar refractivity (Wildman–Crippen MR) is 67.0 cm³/mol. The molecule has 3 nitrogen and oxygen atoms in total. The minimum atomic E-state index is -4.64. The summed E-state index contributed by atoms with van der Waals surface area (Å²) in [6.45, 7) is 1.19. The number of aromatic nitrogens is 1. The van der Waals surface area contributed by atoms with Crippen molar-refractivity contribution in [1.82, 2.24) is 4.98 Å². The van der Waals surface area contributed by atoms with E-state index >= 15 is 0 Å². The molecule has 0 radical (unpaired) electrons.